The van der Waals surface area contributed by atoms with E-state index in [9.17, 15) is 0 Å². The zero-order valence-electron chi connectivity index (χ0n) is 7.63. The van der Waals surface area contributed by atoms with Gasteiger partial charge in [-0.2, -0.15) is 5.26 Å². The smallest absolute Gasteiger partial charge is 0.101 e. The van der Waals surface area contributed by atoms with E-state index in [2.05, 4.69) is 27.3 Å². The molecule has 1 aromatic carbocycles. The van der Waals surface area contributed by atoms with E-state index in [-0.39, 0.29) is 0 Å². The van der Waals surface area contributed by atoms with Crippen LogP contribution in [0.5, 0.6) is 0 Å². The van der Waals surface area contributed by atoms with Gasteiger partial charge in [0.25, 0.3) is 0 Å². The first kappa shape index (κ1) is 10.1. The molecule has 0 atom stereocenters. The average molecular weight is 239 g/mol. The summed E-state index contributed by atoms with van der Waals surface area (Å²) < 4.78 is 0.929. The third-order valence-corrected chi connectivity index (χ3v) is 2.04. The Morgan fingerprint density at radius 1 is 1.46 bits per heavy atom. The van der Waals surface area contributed by atoms with E-state index in [1.54, 1.807) is 0 Å². The standard InChI is InChI=1S/C10H11BrN2/c1-7(2)13-10-4-3-9(11)5-8(10)6-12/h3-5,7,13H,1-2H3. The van der Waals surface area contributed by atoms with Crippen LogP contribution in [0.1, 0.15) is 19.4 Å². The maximum Gasteiger partial charge on any atom is 0.101 e. The molecular weight excluding hydrogens is 228 g/mol. The number of benzene rings is 1. The first-order valence-corrected chi connectivity index (χ1v) is 4.89. The number of rotatable bonds is 2. The summed E-state index contributed by atoms with van der Waals surface area (Å²) in [7, 11) is 0. The number of nitrogens with zero attached hydrogens (tertiary/aromatic N) is 1. The van der Waals surface area contributed by atoms with Gasteiger partial charge in [-0.15, -0.1) is 0 Å². The molecule has 0 unspecified atom stereocenters. The Bertz CT molecular complexity index is 339. The molecule has 0 spiro atoms. The highest BCUT2D eigenvalue weighted by Crippen LogP contribution is 2.20. The van der Waals surface area contributed by atoms with Crippen molar-refractivity contribution in [1.29, 1.82) is 5.26 Å². The van der Waals surface area contributed by atoms with Crippen molar-refractivity contribution >= 4 is 21.6 Å². The lowest BCUT2D eigenvalue weighted by Crippen LogP contribution is -2.10. The number of hydrogen-bond donors (Lipinski definition) is 1. The van der Waals surface area contributed by atoms with Gasteiger partial charge in [-0.05, 0) is 32.0 Å². The molecule has 1 aromatic rings. The summed E-state index contributed by atoms with van der Waals surface area (Å²) in [6, 6.07) is 8.13. The minimum absolute atomic E-state index is 0.341. The summed E-state index contributed by atoms with van der Waals surface area (Å²) in [6.45, 7) is 4.09. The molecule has 0 bridgehead atoms. The Labute approximate surface area is 86.7 Å². The van der Waals surface area contributed by atoms with Gasteiger partial charge in [-0.3, -0.25) is 0 Å². The normalized spacial score (nSPS) is 9.77. The second-order valence-electron chi connectivity index (χ2n) is 3.10. The van der Waals surface area contributed by atoms with Gasteiger partial charge in [-0.1, -0.05) is 15.9 Å². The van der Waals surface area contributed by atoms with Crippen molar-refractivity contribution in [3.63, 3.8) is 0 Å². The van der Waals surface area contributed by atoms with Gasteiger partial charge in [0.2, 0.25) is 0 Å². The molecule has 0 aliphatic heterocycles. The van der Waals surface area contributed by atoms with Crippen molar-refractivity contribution in [2.45, 2.75) is 19.9 Å². The van der Waals surface area contributed by atoms with Crippen LogP contribution in [-0.2, 0) is 0 Å². The van der Waals surface area contributed by atoms with Crippen LogP contribution in [0, 0.1) is 11.3 Å². The highest BCUT2D eigenvalue weighted by Gasteiger charge is 2.02. The third-order valence-electron chi connectivity index (χ3n) is 1.55. The van der Waals surface area contributed by atoms with Crippen LogP contribution in [0.3, 0.4) is 0 Å². The fourth-order valence-corrected chi connectivity index (χ4v) is 1.41. The van der Waals surface area contributed by atoms with Crippen molar-refractivity contribution in [3.05, 3.63) is 28.2 Å². The maximum atomic E-state index is 8.84. The molecule has 0 aliphatic rings. The molecule has 0 fully saturated rings. The van der Waals surface area contributed by atoms with Gasteiger partial charge in [0.15, 0.2) is 0 Å². The van der Waals surface area contributed by atoms with E-state index in [4.69, 9.17) is 5.26 Å². The second kappa shape index (κ2) is 4.29. The third kappa shape index (κ3) is 2.74. The van der Waals surface area contributed by atoms with E-state index in [1.165, 1.54) is 0 Å². The van der Waals surface area contributed by atoms with Gasteiger partial charge in [-0.25, -0.2) is 0 Å². The first-order chi connectivity index (χ1) is 6.13. The van der Waals surface area contributed by atoms with Crippen LogP contribution in [0.25, 0.3) is 0 Å². The monoisotopic (exact) mass is 238 g/mol. The highest BCUT2D eigenvalue weighted by atomic mass is 79.9. The zero-order valence-corrected chi connectivity index (χ0v) is 9.22. The van der Waals surface area contributed by atoms with E-state index >= 15 is 0 Å². The Kier molecular flexibility index (Phi) is 3.32. The number of hydrogen-bond acceptors (Lipinski definition) is 2. The second-order valence-corrected chi connectivity index (χ2v) is 4.02. The molecule has 3 heteroatoms. The summed E-state index contributed by atoms with van der Waals surface area (Å²) in [5.41, 5.74) is 1.56. The number of nitriles is 1. The van der Waals surface area contributed by atoms with Crippen LogP contribution in [0.4, 0.5) is 5.69 Å². The fraction of sp³-hybridized carbons (Fsp3) is 0.300. The summed E-state index contributed by atoms with van der Waals surface area (Å²) >= 11 is 3.32. The van der Waals surface area contributed by atoms with Crippen molar-refractivity contribution in [2.75, 3.05) is 5.32 Å². The number of nitrogens with one attached hydrogen (secondary N) is 1. The zero-order chi connectivity index (χ0) is 9.84. The van der Waals surface area contributed by atoms with E-state index in [0.717, 1.165) is 10.2 Å². The van der Waals surface area contributed by atoms with Gasteiger partial charge in [0, 0.05) is 10.5 Å². The number of halogens is 1. The lowest BCUT2D eigenvalue weighted by Gasteiger charge is -2.11. The van der Waals surface area contributed by atoms with Gasteiger partial charge >= 0.3 is 0 Å². The molecule has 0 amide bonds. The van der Waals surface area contributed by atoms with Crippen molar-refractivity contribution in [2.24, 2.45) is 0 Å². The quantitative estimate of drug-likeness (QED) is 0.860. The van der Waals surface area contributed by atoms with Crippen molar-refractivity contribution < 1.29 is 0 Å². The molecule has 0 heterocycles. The summed E-state index contributed by atoms with van der Waals surface area (Å²) in [6.07, 6.45) is 0. The first-order valence-electron chi connectivity index (χ1n) is 4.09. The van der Waals surface area contributed by atoms with Crippen LogP contribution in [0.2, 0.25) is 0 Å². The largest absolute Gasteiger partial charge is 0.382 e. The molecule has 1 rings (SSSR count). The van der Waals surface area contributed by atoms with Crippen LogP contribution in [0.15, 0.2) is 22.7 Å². The summed E-state index contributed by atoms with van der Waals surface area (Å²) in [4.78, 5) is 0. The van der Waals surface area contributed by atoms with Crippen LogP contribution in [-0.4, -0.2) is 6.04 Å². The molecule has 1 N–H and O–H groups in total. The predicted octanol–water partition coefficient (Wildman–Crippen LogP) is 3.14. The molecule has 0 saturated heterocycles. The topological polar surface area (TPSA) is 35.8 Å². The van der Waals surface area contributed by atoms with Gasteiger partial charge < -0.3 is 5.32 Å². The van der Waals surface area contributed by atoms with Crippen LogP contribution >= 0.6 is 15.9 Å². The fourth-order valence-electron chi connectivity index (χ4n) is 1.05. The maximum absolute atomic E-state index is 8.84. The van der Waals surface area contributed by atoms with Crippen molar-refractivity contribution in [1.82, 2.24) is 0 Å². The van der Waals surface area contributed by atoms with Crippen LogP contribution < -0.4 is 5.32 Å². The molecular formula is C10H11BrN2. The minimum Gasteiger partial charge on any atom is -0.382 e. The Morgan fingerprint density at radius 3 is 2.69 bits per heavy atom. The summed E-state index contributed by atoms with van der Waals surface area (Å²) in [5, 5.41) is 12.1. The van der Waals surface area contributed by atoms with E-state index in [0.29, 0.717) is 11.6 Å². The summed E-state index contributed by atoms with van der Waals surface area (Å²) in [5.74, 6) is 0. The average Bonchev–Trinajstić information content (AvgIpc) is 2.07. The van der Waals surface area contributed by atoms with E-state index < -0.39 is 0 Å². The predicted molar refractivity (Wildman–Crippen MR) is 57.6 cm³/mol. The van der Waals surface area contributed by atoms with Gasteiger partial charge in [0.1, 0.15) is 6.07 Å². The molecule has 2 nitrogen and oxygen atoms in total. The molecule has 68 valence electrons. The number of anilines is 1. The van der Waals surface area contributed by atoms with Gasteiger partial charge in [0.05, 0.1) is 11.3 Å². The Balaban J connectivity index is 3.01. The van der Waals surface area contributed by atoms with Crippen molar-refractivity contribution in [3.8, 4) is 6.07 Å². The molecule has 0 saturated carbocycles. The lowest BCUT2D eigenvalue weighted by atomic mass is 10.2. The molecule has 13 heavy (non-hydrogen) atoms. The highest BCUT2D eigenvalue weighted by molar-refractivity contribution is 9.10. The SMILES string of the molecule is CC(C)Nc1ccc(Br)cc1C#N. The van der Waals surface area contributed by atoms with E-state index in [1.807, 2.05) is 32.0 Å². The molecule has 0 aromatic heterocycles. The molecule has 0 aliphatic carbocycles. The lowest BCUT2D eigenvalue weighted by molar-refractivity contribution is 0.899. The Hall–Kier alpha value is -1.01. The molecule has 0 radical (unpaired) electrons. The Morgan fingerprint density at radius 2 is 2.15 bits per heavy atom. The minimum atomic E-state index is 0.341.